The van der Waals surface area contributed by atoms with Crippen LogP contribution in [0, 0.1) is 0 Å². The van der Waals surface area contributed by atoms with Crippen molar-refractivity contribution < 1.29 is 9.84 Å². The van der Waals surface area contributed by atoms with Gasteiger partial charge in [-0.3, -0.25) is 0 Å². The average Bonchev–Trinajstić information content (AvgIpc) is 2.50. The van der Waals surface area contributed by atoms with Crippen LogP contribution in [-0.4, -0.2) is 12.2 Å². The van der Waals surface area contributed by atoms with Gasteiger partial charge < -0.3 is 15.6 Å². The van der Waals surface area contributed by atoms with E-state index in [4.69, 9.17) is 10.5 Å². The summed E-state index contributed by atoms with van der Waals surface area (Å²) >= 11 is 0. The van der Waals surface area contributed by atoms with E-state index in [2.05, 4.69) is 0 Å². The number of aromatic hydroxyl groups is 1. The van der Waals surface area contributed by atoms with Crippen molar-refractivity contribution in [1.82, 2.24) is 0 Å². The van der Waals surface area contributed by atoms with Crippen molar-refractivity contribution in [3.05, 3.63) is 23.3 Å². The van der Waals surface area contributed by atoms with Gasteiger partial charge in [0.05, 0.1) is 7.11 Å². The number of rotatable bonds is 1. The molecule has 0 radical (unpaired) electrons. The molecule has 3 N–H and O–H groups in total. The third kappa shape index (κ3) is 1.16. The van der Waals surface area contributed by atoms with Crippen LogP contribution in [0.25, 0.3) is 0 Å². The lowest BCUT2D eigenvalue weighted by atomic mass is 10.1. The molecule has 0 spiro atoms. The van der Waals surface area contributed by atoms with Crippen LogP contribution in [0.1, 0.15) is 23.6 Å². The molecule has 1 aliphatic carbocycles. The van der Waals surface area contributed by atoms with Gasteiger partial charge in [0.25, 0.3) is 0 Å². The van der Waals surface area contributed by atoms with Crippen molar-refractivity contribution in [3.8, 4) is 11.5 Å². The molecule has 1 aromatic rings. The van der Waals surface area contributed by atoms with E-state index in [9.17, 15) is 5.11 Å². The van der Waals surface area contributed by atoms with Crippen molar-refractivity contribution in [2.45, 2.75) is 18.9 Å². The second kappa shape index (κ2) is 2.92. The summed E-state index contributed by atoms with van der Waals surface area (Å²) in [6.07, 6.45) is 1.79. The molecule has 0 saturated carbocycles. The van der Waals surface area contributed by atoms with Gasteiger partial charge >= 0.3 is 0 Å². The molecule has 3 nitrogen and oxygen atoms in total. The van der Waals surface area contributed by atoms with E-state index in [0.29, 0.717) is 5.75 Å². The summed E-state index contributed by atoms with van der Waals surface area (Å²) in [7, 11) is 1.64. The molecule has 0 saturated heterocycles. The second-order valence-corrected chi connectivity index (χ2v) is 3.32. The molecule has 1 aromatic carbocycles. The Hall–Kier alpha value is -1.22. The first-order valence-corrected chi connectivity index (χ1v) is 4.38. The predicted octanol–water partition coefficient (Wildman–Crippen LogP) is 1.35. The van der Waals surface area contributed by atoms with Crippen molar-refractivity contribution >= 4 is 0 Å². The van der Waals surface area contributed by atoms with E-state index >= 15 is 0 Å². The number of phenols is 1. The first-order valence-electron chi connectivity index (χ1n) is 4.38. The molecule has 13 heavy (non-hydrogen) atoms. The molecule has 0 aromatic heterocycles. The number of benzene rings is 1. The van der Waals surface area contributed by atoms with Crippen molar-refractivity contribution in [3.63, 3.8) is 0 Å². The SMILES string of the molecule is COc1ccc(O)c2c1CCC2N. The van der Waals surface area contributed by atoms with E-state index < -0.39 is 0 Å². The molecule has 0 heterocycles. The summed E-state index contributed by atoms with van der Waals surface area (Å²) in [5.74, 6) is 1.13. The van der Waals surface area contributed by atoms with Crippen molar-refractivity contribution in [2.75, 3.05) is 7.11 Å². The van der Waals surface area contributed by atoms with Gasteiger partial charge in [0.2, 0.25) is 0 Å². The van der Waals surface area contributed by atoms with Crippen molar-refractivity contribution in [2.24, 2.45) is 5.73 Å². The molecule has 2 rings (SSSR count). The topological polar surface area (TPSA) is 55.5 Å². The Kier molecular flexibility index (Phi) is 1.88. The second-order valence-electron chi connectivity index (χ2n) is 3.32. The molecule has 0 amide bonds. The predicted molar refractivity (Wildman–Crippen MR) is 49.9 cm³/mol. The van der Waals surface area contributed by atoms with Crippen LogP contribution in [0.3, 0.4) is 0 Å². The van der Waals surface area contributed by atoms with Crippen molar-refractivity contribution in [1.29, 1.82) is 0 Å². The molecule has 70 valence electrons. The van der Waals surface area contributed by atoms with Crippen LogP contribution < -0.4 is 10.5 Å². The summed E-state index contributed by atoms with van der Waals surface area (Å²) in [6.45, 7) is 0. The Bertz CT molecular complexity index is 336. The van der Waals surface area contributed by atoms with Gasteiger partial charge in [0.15, 0.2) is 0 Å². The number of nitrogens with two attached hydrogens (primary N) is 1. The quantitative estimate of drug-likeness (QED) is 0.684. The van der Waals surface area contributed by atoms with Gasteiger partial charge in [-0.1, -0.05) is 0 Å². The Morgan fingerprint density at radius 3 is 3.00 bits per heavy atom. The minimum atomic E-state index is -0.0369. The molecular weight excluding hydrogens is 166 g/mol. The van der Waals surface area contributed by atoms with E-state index in [1.165, 1.54) is 0 Å². The molecular formula is C10H13NO2. The number of fused-ring (bicyclic) bond motifs is 1. The highest BCUT2D eigenvalue weighted by Gasteiger charge is 2.25. The summed E-state index contributed by atoms with van der Waals surface area (Å²) in [6, 6.07) is 3.39. The summed E-state index contributed by atoms with van der Waals surface area (Å²) in [5.41, 5.74) is 7.78. The monoisotopic (exact) mass is 179 g/mol. The minimum Gasteiger partial charge on any atom is -0.508 e. The van der Waals surface area contributed by atoms with Gasteiger partial charge in [0.1, 0.15) is 11.5 Å². The first-order chi connectivity index (χ1) is 6.24. The van der Waals surface area contributed by atoms with Gasteiger partial charge in [-0.15, -0.1) is 0 Å². The molecule has 1 unspecified atom stereocenters. The molecule has 1 atom stereocenters. The Morgan fingerprint density at radius 1 is 1.54 bits per heavy atom. The maximum Gasteiger partial charge on any atom is 0.122 e. The van der Waals surface area contributed by atoms with Crippen LogP contribution in [-0.2, 0) is 6.42 Å². The van der Waals surface area contributed by atoms with E-state index in [0.717, 1.165) is 29.7 Å². The fourth-order valence-electron chi connectivity index (χ4n) is 1.94. The molecule has 0 bridgehead atoms. The number of hydrogen-bond donors (Lipinski definition) is 2. The third-order valence-electron chi connectivity index (χ3n) is 2.59. The van der Waals surface area contributed by atoms with Crippen LogP contribution in [0.15, 0.2) is 12.1 Å². The summed E-state index contributed by atoms with van der Waals surface area (Å²) < 4.78 is 5.19. The maximum atomic E-state index is 9.59. The van der Waals surface area contributed by atoms with Gasteiger partial charge in [-0.05, 0) is 25.0 Å². The number of ether oxygens (including phenoxy) is 1. The lowest BCUT2D eigenvalue weighted by Crippen LogP contribution is -2.05. The minimum absolute atomic E-state index is 0.0369. The Labute approximate surface area is 77.1 Å². The third-order valence-corrected chi connectivity index (χ3v) is 2.59. The molecule has 0 aliphatic heterocycles. The summed E-state index contributed by atoms with van der Waals surface area (Å²) in [5, 5.41) is 9.59. The Morgan fingerprint density at radius 2 is 2.31 bits per heavy atom. The highest BCUT2D eigenvalue weighted by atomic mass is 16.5. The highest BCUT2D eigenvalue weighted by molar-refractivity contribution is 5.52. The zero-order valence-corrected chi connectivity index (χ0v) is 7.58. The van der Waals surface area contributed by atoms with Crippen LogP contribution >= 0.6 is 0 Å². The molecule has 3 heteroatoms. The number of hydrogen-bond acceptors (Lipinski definition) is 3. The van der Waals surface area contributed by atoms with Crippen LogP contribution in [0.4, 0.5) is 0 Å². The standard InChI is InChI=1S/C10H13NO2/c1-13-9-5-4-8(12)10-6(9)2-3-7(10)11/h4-5,7,12H,2-3,11H2,1H3. The van der Waals surface area contributed by atoms with E-state index in [1.807, 2.05) is 0 Å². The van der Waals surface area contributed by atoms with E-state index in [1.54, 1.807) is 19.2 Å². The smallest absolute Gasteiger partial charge is 0.122 e. The maximum absolute atomic E-state index is 9.59. The molecule has 0 fully saturated rings. The first kappa shape index (κ1) is 8.38. The van der Waals surface area contributed by atoms with Crippen LogP contribution in [0.2, 0.25) is 0 Å². The normalized spacial score (nSPS) is 20.0. The lowest BCUT2D eigenvalue weighted by molar-refractivity contribution is 0.407. The number of phenolic OH excluding ortho intramolecular Hbond substituents is 1. The zero-order valence-electron chi connectivity index (χ0n) is 7.58. The largest absolute Gasteiger partial charge is 0.508 e. The average molecular weight is 179 g/mol. The van der Waals surface area contributed by atoms with Gasteiger partial charge in [0, 0.05) is 17.2 Å². The van der Waals surface area contributed by atoms with E-state index in [-0.39, 0.29) is 6.04 Å². The molecule has 1 aliphatic rings. The zero-order chi connectivity index (χ0) is 9.42. The highest BCUT2D eigenvalue weighted by Crippen LogP contribution is 2.40. The fraction of sp³-hybridized carbons (Fsp3) is 0.400. The fourth-order valence-corrected chi connectivity index (χ4v) is 1.94. The van der Waals surface area contributed by atoms with Gasteiger partial charge in [-0.25, -0.2) is 0 Å². The van der Waals surface area contributed by atoms with Crippen LogP contribution in [0.5, 0.6) is 11.5 Å². The lowest BCUT2D eigenvalue weighted by Gasteiger charge is -2.10. The van der Waals surface area contributed by atoms with Gasteiger partial charge in [-0.2, -0.15) is 0 Å². The Balaban J connectivity index is 2.59. The summed E-state index contributed by atoms with van der Waals surface area (Å²) in [4.78, 5) is 0. The number of methoxy groups -OCH3 is 1.